The van der Waals surface area contributed by atoms with E-state index in [0.29, 0.717) is 0 Å². The number of nitrogens with zero attached hydrogens (tertiary/aromatic N) is 3. The van der Waals surface area contributed by atoms with Crippen molar-refractivity contribution in [3.05, 3.63) is 48.2 Å². The van der Waals surface area contributed by atoms with Gasteiger partial charge in [-0.1, -0.05) is 12.1 Å². The summed E-state index contributed by atoms with van der Waals surface area (Å²) in [7, 11) is 0. The van der Waals surface area contributed by atoms with E-state index in [1.54, 1.807) is 6.20 Å². The zero-order chi connectivity index (χ0) is 17.4. The Labute approximate surface area is 147 Å². The highest BCUT2D eigenvalue weighted by Gasteiger charge is 2.47. The molecular formula is C20H20N4O. The number of nitrogens with one attached hydrogen (secondary N) is 1. The van der Waals surface area contributed by atoms with Gasteiger partial charge in [-0.3, -0.25) is 4.98 Å². The van der Waals surface area contributed by atoms with Crippen molar-refractivity contribution in [2.75, 3.05) is 5.32 Å². The Hall–Kier alpha value is -2.87. The van der Waals surface area contributed by atoms with E-state index in [0.717, 1.165) is 41.8 Å². The summed E-state index contributed by atoms with van der Waals surface area (Å²) in [5.74, 6) is 0.0999. The maximum atomic E-state index is 12.7. The Bertz CT molecular complexity index is 831. The minimum Gasteiger partial charge on any atom is -0.318 e. The lowest BCUT2D eigenvalue weighted by Crippen LogP contribution is -2.63. The van der Waals surface area contributed by atoms with E-state index in [4.69, 9.17) is 5.26 Å². The van der Waals surface area contributed by atoms with Crippen LogP contribution in [0.5, 0.6) is 0 Å². The molecule has 126 valence electrons. The number of rotatable bonds is 2. The molecule has 2 fully saturated rings. The smallest absolute Gasteiger partial charge is 0.318 e. The van der Waals surface area contributed by atoms with Gasteiger partial charge in [-0.2, -0.15) is 5.26 Å². The van der Waals surface area contributed by atoms with Crippen LogP contribution in [0.1, 0.15) is 24.8 Å². The molecule has 2 aliphatic rings. The van der Waals surface area contributed by atoms with E-state index >= 15 is 0 Å². The monoisotopic (exact) mass is 332 g/mol. The third-order valence-electron chi connectivity index (χ3n) is 5.29. The SMILES string of the molecule is Cc1ccc(NC(=O)N2C3CC(C#N)CC2C3)cc1-c1ccccn1. The van der Waals surface area contributed by atoms with Crippen LogP contribution in [-0.4, -0.2) is 28.0 Å². The van der Waals surface area contributed by atoms with Crippen LogP contribution in [0.25, 0.3) is 11.3 Å². The summed E-state index contributed by atoms with van der Waals surface area (Å²) in [5.41, 5.74) is 3.81. The molecule has 2 unspecified atom stereocenters. The molecule has 1 aromatic carbocycles. The molecule has 0 aliphatic carbocycles. The zero-order valence-corrected chi connectivity index (χ0v) is 14.1. The van der Waals surface area contributed by atoms with Gasteiger partial charge in [0.25, 0.3) is 0 Å². The van der Waals surface area contributed by atoms with Gasteiger partial charge >= 0.3 is 6.03 Å². The second kappa shape index (κ2) is 6.21. The molecule has 3 heterocycles. The summed E-state index contributed by atoms with van der Waals surface area (Å²) in [6.45, 7) is 2.04. The first-order valence-electron chi connectivity index (χ1n) is 8.66. The molecule has 5 nitrogen and oxygen atoms in total. The maximum Gasteiger partial charge on any atom is 0.322 e. The zero-order valence-electron chi connectivity index (χ0n) is 14.1. The lowest BCUT2D eigenvalue weighted by atomic mass is 9.74. The number of anilines is 1. The number of carbonyl (C=O) groups excluding carboxylic acids is 1. The predicted molar refractivity (Wildman–Crippen MR) is 95.8 cm³/mol. The van der Waals surface area contributed by atoms with Crippen molar-refractivity contribution >= 4 is 11.7 Å². The van der Waals surface area contributed by atoms with Gasteiger partial charge in [0.05, 0.1) is 17.7 Å². The summed E-state index contributed by atoms with van der Waals surface area (Å²) in [5, 5.41) is 12.1. The number of aromatic nitrogens is 1. The van der Waals surface area contributed by atoms with E-state index in [9.17, 15) is 4.79 Å². The number of hydrogen-bond acceptors (Lipinski definition) is 3. The van der Waals surface area contributed by atoms with Crippen molar-refractivity contribution in [3.8, 4) is 17.3 Å². The molecule has 2 aliphatic heterocycles. The number of hydrogen-bond donors (Lipinski definition) is 1. The molecule has 1 aromatic heterocycles. The number of piperidine rings is 1. The van der Waals surface area contributed by atoms with E-state index in [-0.39, 0.29) is 24.0 Å². The van der Waals surface area contributed by atoms with E-state index in [1.807, 2.05) is 48.2 Å². The first kappa shape index (κ1) is 15.6. The van der Waals surface area contributed by atoms with Gasteiger partial charge in [0, 0.05) is 29.5 Å². The summed E-state index contributed by atoms with van der Waals surface area (Å²) in [6, 6.07) is 14.4. The molecular weight excluding hydrogens is 312 g/mol. The van der Waals surface area contributed by atoms with Gasteiger partial charge in [0.15, 0.2) is 0 Å². The van der Waals surface area contributed by atoms with Crippen molar-refractivity contribution in [1.29, 1.82) is 5.26 Å². The van der Waals surface area contributed by atoms with Crippen molar-refractivity contribution in [3.63, 3.8) is 0 Å². The molecule has 25 heavy (non-hydrogen) atoms. The van der Waals surface area contributed by atoms with Crippen molar-refractivity contribution < 1.29 is 4.79 Å². The molecule has 2 amide bonds. The number of pyridine rings is 1. The van der Waals surface area contributed by atoms with Crippen LogP contribution >= 0.6 is 0 Å². The highest BCUT2D eigenvalue weighted by molar-refractivity contribution is 5.91. The third kappa shape index (κ3) is 2.85. The normalized spacial score (nSPS) is 24.2. The van der Waals surface area contributed by atoms with E-state index < -0.39 is 0 Å². The Morgan fingerprint density at radius 1 is 1.24 bits per heavy atom. The lowest BCUT2D eigenvalue weighted by Gasteiger charge is -2.53. The first-order chi connectivity index (χ1) is 12.2. The van der Waals surface area contributed by atoms with Gasteiger partial charge in [0.1, 0.15) is 0 Å². The minimum absolute atomic E-state index is 0.0616. The van der Waals surface area contributed by atoms with Crippen LogP contribution < -0.4 is 5.32 Å². The molecule has 2 atom stereocenters. The van der Waals surface area contributed by atoms with Crippen LogP contribution in [0.2, 0.25) is 0 Å². The fourth-order valence-corrected chi connectivity index (χ4v) is 4.00. The van der Waals surface area contributed by atoms with Crippen molar-refractivity contribution in [2.45, 2.75) is 38.3 Å². The van der Waals surface area contributed by atoms with Crippen molar-refractivity contribution in [2.24, 2.45) is 5.92 Å². The number of nitriles is 1. The lowest BCUT2D eigenvalue weighted by molar-refractivity contribution is 0.00171. The Morgan fingerprint density at radius 3 is 2.72 bits per heavy atom. The summed E-state index contributed by atoms with van der Waals surface area (Å²) < 4.78 is 0. The molecule has 4 rings (SSSR count). The number of benzene rings is 1. The molecule has 1 N–H and O–H groups in total. The van der Waals surface area contributed by atoms with Crippen LogP contribution in [0.4, 0.5) is 10.5 Å². The molecule has 2 aromatic rings. The summed E-state index contributed by atoms with van der Waals surface area (Å²) in [4.78, 5) is 19.0. The number of carbonyl (C=O) groups is 1. The molecule has 0 radical (unpaired) electrons. The number of fused-ring (bicyclic) bond motifs is 2. The Morgan fingerprint density at radius 2 is 2.04 bits per heavy atom. The standard InChI is InChI=1S/C20H20N4O/c1-13-5-6-15(10-18(13)19-4-2-3-7-22-19)23-20(25)24-16-8-14(12-21)9-17(24)11-16/h2-7,10,14,16-17H,8-9,11H2,1H3,(H,23,25). The van der Waals surface area contributed by atoms with Crippen LogP contribution in [0.3, 0.4) is 0 Å². The van der Waals surface area contributed by atoms with Gasteiger partial charge < -0.3 is 10.2 Å². The number of aryl methyl sites for hydroxylation is 1. The predicted octanol–water partition coefficient (Wildman–Crippen LogP) is 3.97. The average molecular weight is 332 g/mol. The average Bonchev–Trinajstić information content (AvgIpc) is 2.64. The second-order valence-corrected chi connectivity index (χ2v) is 6.92. The molecule has 2 saturated heterocycles. The topological polar surface area (TPSA) is 69.0 Å². The third-order valence-corrected chi connectivity index (χ3v) is 5.29. The summed E-state index contributed by atoms with van der Waals surface area (Å²) in [6.07, 6.45) is 4.40. The van der Waals surface area contributed by atoms with Crippen LogP contribution in [0, 0.1) is 24.2 Å². The quantitative estimate of drug-likeness (QED) is 0.905. The Balaban J connectivity index is 1.51. The second-order valence-electron chi connectivity index (χ2n) is 6.92. The Kier molecular flexibility index (Phi) is 3.89. The summed E-state index contributed by atoms with van der Waals surface area (Å²) >= 11 is 0. The van der Waals surface area contributed by atoms with Crippen LogP contribution in [-0.2, 0) is 0 Å². The van der Waals surface area contributed by atoms with Gasteiger partial charge in [0.2, 0.25) is 0 Å². The highest BCUT2D eigenvalue weighted by atomic mass is 16.2. The minimum atomic E-state index is -0.0616. The molecule has 0 spiro atoms. The van der Waals surface area contributed by atoms with Gasteiger partial charge in [-0.15, -0.1) is 0 Å². The molecule has 2 bridgehead atoms. The van der Waals surface area contributed by atoms with Gasteiger partial charge in [-0.05, 0) is 56.0 Å². The fraction of sp³-hybridized carbons (Fsp3) is 0.350. The van der Waals surface area contributed by atoms with Crippen LogP contribution in [0.15, 0.2) is 42.6 Å². The van der Waals surface area contributed by atoms with Gasteiger partial charge in [-0.25, -0.2) is 4.79 Å². The van der Waals surface area contributed by atoms with E-state index in [1.165, 1.54) is 0 Å². The number of urea groups is 1. The van der Waals surface area contributed by atoms with E-state index in [2.05, 4.69) is 16.4 Å². The first-order valence-corrected chi connectivity index (χ1v) is 8.66. The molecule has 0 saturated carbocycles. The highest BCUT2D eigenvalue weighted by Crippen LogP contribution is 2.41. The largest absolute Gasteiger partial charge is 0.322 e. The number of amides is 2. The maximum absolute atomic E-state index is 12.7. The molecule has 5 heteroatoms. The fourth-order valence-electron chi connectivity index (χ4n) is 4.00. The van der Waals surface area contributed by atoms with Crippen molar-refractivity contribution in [1.82, 2.24) is 9.88 Å².